The summed E-state index contributed by atoms with van der Waals surface area (Å²) in [6.45, 7) is 5.80. The zero-order valence-electron chi connectivity index (χ0n) is 17.1. The number of allylic oxidation sites excluding steroid dienone is 1. The van der Waals surface area contributed by atoms with Gasteiger partial charge in [-0.2, -0.15) is 0 Å². The van der Waals surface area contributed by atoms with Gasteiger partial charge < -0.3 is 28.8 Å². The average molecular weight is 402 g/mol. The van der Waals surface area contributed by atoms with E-state index in [4.69, 9.17) is 23.7 Å². The Kier molecular flexibility index (Phi) is 4.72. The number of hydrogen-bond acceptors (Lipinski definition) is 7. The quantitative estimate of drug-likeness (QED) is 0.732. The Morgan fingerprint density at radius 2 is 2.03 bits per heavy atom. The zero-order valence-corrected chi connectivity index (χ0v) is 17.1. The lowest BCUT2D eigenvalue weighted by Crippen LogP contribution is -2.60. The molecule has 4 rings (SSSR count). The van der Waals surface area contributed by atoms with Crippen molar-refractivity contribution in [2.24, 2.45) is 5.92 Å². The smallest absolute Gasteiger partial charge is 0.231 e. The molecular formula is C22H26O7. The predicted molar refractivity (Wildman–Crippen MR) is 104 cm³/mol. The minimum absolute atomic E-state index is 0.0966. The van der Waals surface area contributed by atoms with Crippen LogP contribution in [0.3, 0.4) is 0 Å². The Labute approximate surface area is 169 Å². The van der Waals surface area contributed by atoms with Crippen LogP contribution in [0.1, 0.15) is 24.8 Å². The summed E-state index contributed by atoms with van der Waals surface area (Å²) in [4.78, 5) is 13.6. The molecule has 1 fully saturated rings. The summed E-state index contributed by atoms with van der Waals surface area (Å²) >= 11 is 0. The van der Waals surface area contributed by atoms with Crippen LogP contribution in [-0.2, 0) is 14.3 Å². The monoisotopic (exact) mass is 402 g/mol. The second-order valence-electron chi connectivity index (χ2n) is 7.67. The standard InChI is InChI=1S/C22H26O7/c1-6-7-13-10-21(26-4)12(2)17(22(27-5,19(13)23)20(21)24)14-8-15(25-3)18-16(9-14)28-11-29-18/h6,8-10,12,17,20,24H,1,7,11H2,2-5H3/t12-,17-,20+,21-,22-/m1/s1. The van der Waals surface area contributed by atoms with E-state index in [9.17, 15) is 9.90 Å². The van der Waals surface area contributed by atoms with Gasteiger partial charge in [-0.05, 0) is 30.2 Å². The highest BCUT2D eigenvalue weighted by Gasteiger charge is 2.72. The van der Waals surface area contributed by atoms with E-state index < -0.39 is 23.2 Å². The first-order valence-electron chi connectivity index (χ1n) is 9.54. The van der Waals surface area contributed by atoms with Crippen LogP contribution >= 0.6 is 0 Å². The van der Waals surface area contributed by atoms with Crippen molar-refractivity contribution in [3.63, 3.8) is 0 Å². The van der Waals surface area contributed by atoms with Crippen LogP contribution < -0.4 is 14.2 Å². The van der Waals surface area contributed by atoms with Crippen molar-refractivity contribution in [3.8, 4) is 17.2 Å². The highest BCUT2D eigenvalue weighted by Crippen LogP contribution is 2.61. The second kappa shape index (κ2) is 6.86. The minimum Gasteiger partial charge on any atom is -0.493 e. The Balaban J connectivity index is 1.94. The summed E-state index contributed by atoms with van der Waals surface area (Å²) in [5, 5.41) is 11.4. The van der Waals surface area contributed by atoms with Gasteiger partial charge in [0, 0.05) is 31.6 Å². The molecule has 0 amide bonds. The summed E-state index contributed by atoms with van der Waals surface area (Å²) in [5.74, 6) is 0.520. The molecule has 0 spiro atoms. The molecule has 1 N–H and O–H groups in total. The Hall–Kier alpha value is -2.35. The first kappa shape index (κ1) is 19.9. The molecule has 156 valence electrons. The van der Waals surface area contributed by atoms with Crippen molar-refractivity contribution in [1.29, 1.82) is 0 Å². The maximum absolute atomic E-state index is 13.6. The molecule has 1 saturated carbocycles. The van der Waals surface area contributed by atoms with Gasteiger partial charge in [-0.3, -0.25) is 4.79 Å². The van der Waals surface area contributed by atoms with Crippen molar-refractivity contribution < 1.29 is 33.6 Å². The molecule has 1 aromatic rings. The molecule has 7 heteroatoms. The van der Waals surface area contributed by atoms with E-state index >= 15 is 0 Å². The molecular weight excluding hydrogens is 376 g/mol. The third-order valence-corrected chi connectivity index (χ3v) is 6.65. The van der Waals surface area contributed by atoms with Gasteiger partial charge in [-0.15, -0.1) is 6.58 Å². The molecule has 2 aliphatic carbocycles. The third-order valence-electron chi connectivity index (χ3n) is 6.65. The normalized spacial score (nSPS) is 34.9. The van der Waals surface area contributed by atoms with E-state index in [2.05, 4.69) is 6.58 Å². The van der Waals surface area contributed by atoms with Gasteiger partial charge in [0.25, 0.3) is 0 Å². The number of benzene rings is 1. The zero-order chi connectivity index (χ0) is 21.0. The Bertz CT molecular complexity index is 891. The number of aliphatic hydroxyl groups is 1. The topological polar surface area (TPSA) is 83.5 Å². The first-order chi connectivity index (χ1) is 13.9. The summed E-state index contributed by atoms with van der Waals surface area (Å²) in [6.07, 6.45) is 2.60. The lowest BCUT2D eigenvalue weighted by Gasteiger charge is -2.41. The lowest BCUT2D eigenvalue weighted by atomic mass is 9.74. The fourth-order valence-corrected chi connectivity index (χ4v) is 5.31. The number of Topliss-reactive ketones (excluding diaryl/α,β-unsaturated/α-hetero) is 1. The Morgan fingerprint density at radius 1 is 1.28 bits per heavy atom. The average Bonchev–Trinajstić information content (AvgIpc) is 3.25. The summed E-state index contributed by atoms with van der Waals surface area (Å²) < 4.78 is 28.3. The molecule has 1 aliphatic heterocycles. The maximum atomic E-state index is 13.6. The van der Waals surface area contributed by atoms with Crippen molar-refractivity contribution >= 4 is 5.78 Å². The molecule has 7 nitrogen and oxygen atoms in total. The molecule has 2 bridgehead atoms. The lowest BCUT2D eigenvalue weighted by molar-refractivity contribution is -0.169. The number of methoxy groups -OCH3 is 3. The number of carbonyl (C=O) groups is 1. The van der Waals surface area contributed by atoms with E-state index in [0.717, 1.165) is 5.56 Å². The molecule has 3 aliphatic rings. The molecule has 5 atom stereocenters. The van der Waals surface area contributed by atoms with E-state index in [1.165, 1.54) is 7.11 Å². The molecule has 0 aromatic heterocycles. The van der Waals surface area contributed by atoms with Crippen LogP contribution in [-0.4, -0.2) is 56.3 Å². The summed E-state index contributed by atoms with van der Waals surface area (Å²) in [5.41, 5.74) is -1.30. The molecule has 0 unspecified atom stereocenters. The summed E-state index contributed by atoms with van der Waals surface area (Å²) in [7, 11) is 4.54. The van der Waals surface area contributed by atoms with E-state index in [0.29, 0.717) is 29.2 Å². The van der Waals surface area contributed by atoms with Crippen molar-refractivity contribution in [3.05, 3.63) is 42.0 Å². The number of fused-ring (bicyclic) bond motifs is 3. The van der Waals surface area contributed by atoms with Crippen LogP contribution in [0.25, 0.3) is 0 Å². The minimum atomic E-state index is -1.50. The molecule has 29 heavy (non-hydrogen) atoms. The Morgan fingerprint density at radius 3 is 2.66 bits per heavy atom. The van der Waals surface area contributed by atoms with Crippen LogP contribution in [0.2, 0.25) is 0 Å². The van der Waals surface area contributed by atoms with E-state index in [-0.39, 0.29) is 18.5 Å². The van der Waals surface area contributed by atoms with E-state index in [1.54, 1.807) is 26.4 Å². The van der Waals surface area contributed by atoms with Crippen LogP contribution in [0, 0.1) is 5.92 Å². The second-order valence-corrected chi connectivity index (χ2v) is 7.67. The third kappa shape index (κ3) is 2.38. The number of hydrogen-bond donors (Lipinski definition) is 1. The fourth-order valence-electron chi connectivity index (χ4n) is 5.31. The van der Waals surface area contributed by atoms with Gasteiger partial charge in [0.2, 0.25) is 12.5 Å². The van der Waals surface area contributed by atoms with Crippen molar-refractivity contribution in [1.82, 2.24) is 0 Å². The highest BCUT2D eigenvalue weighted by molar-refractivity contribution is 6.06. The SMILES string of the molecule is C=CCC1=C[C@@]2(OC)[C@H](C)[C@H](c3cc(OC)c4c(c3)OCO4)[C@@](OC)(C1=O)[C@H]2O. The van der Waals surface area contributed by atoms with Crippen LogP contribution in [0.4, 0.5) is 0 Å². The number of rotatable bonds is 6. The fraction of sp³-hybridized carbons (Fsp3) is 0.500. The predicted octanol–water partition coefficient (Wildman–Crippen LogP) is 2.37. The first-order valence-corrected chi connectivity index (χ1v) is 9.54. The number of carbonyl (C=O) groups excluding carboxylic acids is 1. The van der Waals surface area contributed by atoms with Crippen molar-refractivity contribution in [2.45, 2.75) is 36.6 Å². The van der Waals surface area contributed by atoms with Gasteiger partial charge in [0.15, 0.2) is 22.9 Å². The molecule has 0 radical (unpaired) electrons. The largest absolute Gasteiger partial charge is 0.493 e. The van der Waals surface area contributed by atoms with Gasteiger partial charge in [-0.25, -0.2) is 0 Å². The highest BCUT2D eigenvalue weighted by atomic mass is 16.7. The number of ether oxygens (including phenoxy) is 5. The van der Waals surface area contributed by atoms with Crippen molar-refractivity contribution in [2.75, 3.05) is 28.1 Å². The van der Waals surface area contributed by atoms with Crippen LogP contribution in [0.15, 0.2) is 36.4 Å². The maximum Gasteiger partial charge on any atom is 0.231 e. The van der Waals surface area contributed by atoms with Crippen LogP contribution in [0.5, 0.6) is 17.2 Å². The number of ketones is 1. The molecule has 1 aromatic carbocycles. The summed E-state index contributed by atoms with van der Waals surface area (Å²) in [6, 6.07) is 3.64. The number of aliphatic hydroxyl groups excluding tert-OH is 1. The van der Waals surface area contributed by atoms with Gasteiger partial charge in [-0.1, -0.05) is 13.0 Å². The van der Waals surface area contributed by atoms with Gasteiger partial charge in [0.05, 0.1) is 7.11 Å². The molecule has 0 saturated heterocycles. The van der Waals surface area contributed by atoms with E-state index in [1.807, 2.05) is 19.1 Å². The molecule has 1 heterocycles. The van der Waals surface area contributed by atoms with Gasteiger partial charge >= 0.3 is 0 Å². The van der Waals surface area contributed by atoms with Gasteiger partial charge in [0.1, 0.15) is 11.7 Å².